The molecule has 0 saturated heterocycles. The van der Waals surface area contributed by atoms with Gasteiger partial charge in [0.05, 0.1) is 12.5 Å². The fraction of sp³-hybridized carbons (Fsp3) is 0.192. The maximum absolute atomic E-state index is 12.4. The van der Waals surface area contributed by atoms with Crippen LogP contribution in [0.5, 0.6) is 11.5 Å². The number of fused-ring (bicyclic) bond motifs is 1. The summed E-state index contributed by atoms with van der Waals surface area (Å²) in [5.74, 6) is -0.118. The van der Waals surface area contributed by atoms with Crippen LogP contribution in [0.2, 0.25) is 0 Å². The Kier molecular flexibility index (Phi) is 6.03. The highest BCUT2D eigenvalue weighted by molar-refractivity contribution is 6.13. The van der Waals surface area contributed by atoms with Crippen LogP contribution >= 0.6 is 0 Å². The number of carbonyl (C=O) groups excluding carboxylic acids is 2. The Labute approximate surface area is 186 Å². The molecule has 162 valence electrons. The second kappa shape index (κ2) is 9.06. The third kappa shape index (κ3) is 4.54. The highest BCUT2D eigenvalue weighted by atomic mass is 16.6. The van der Waals surface area contributed by atoms with Crippen LogP contribution in [0.15, 0.2) is 71.4 Å². The minimum atomic E-state index is -0.526. The molecule has 3 aromatic carbocycles. The van der Waals surface area contributed by atoms with E-state index in [1.54, 1.807) is 38.1 Å². The summed E-state index contributed by atoms with van der Waals surface area (Å²) in [6.07, 6.45) is 1.62. The maximum Gasteiger partial charge on any atom is 0.363 e. The fourth-order valence-electron chi connectivity index (χ4n) is 3.21. The van der Waals surface area contributed by atoms with Crippen molar-refractivity contribution in [3.8, 4) is 11.5 Å². The van der Waals surface area contributed by atoms with Crippen LogP contribution in [0, 0.1) is 5.92 Å². The van der Waals surface area contributed by atoms with Crippen molar-refractivity contribution >= 4 is 34.7 Å². The lowest BCUT2D eigenvalue weighted by molar-refractivity contribution is -0.138. The molecule has 4 rings (SSSR count). The topological polar surface area (TPSA) is 74.2 Å². The van der Waals surface area contributed by atoms with Crippen molar-refractivity contribution in [2.75, 3.05) is 6.61 Å². The van der Waals surface area contributed by atoms with Crippen molar-refractivity contribution in [1.82, 2.24) is 0 Å². The van der Waals surface area contributed by atoms with Gasteiger partial charge in [0.25, 0.3) is 0 Å². The van der Waals surface area contributed by atoms with Gasteiger partial charge in [0, 0.05) is 5.56 Å². The number of hydrogen-bond acceptors (Lipinski definition) is 6. The van der Waals surface area contributed by atoms with Crippen LogP contribution < -0.4 is 9.47 Å². The van der Waals surface area contributed by atoms with E-state index in [-0.39, 0.29) is 23.5 Å². The molecule has 3 aromatic rings. The number of ether oxygens (including phenoxy) is 3. The molecule has 6 heteroatoms. The summed E-state index contributed by atoms with van der Waals surface area (Å²) < 4.78 is 16.4. The molecule has 1 aliphatic heterocycles. The van der Waals surface area contributed by atoms with Crippen molar-refractivity contribution in [2.45, 2.75) is 20.8 Å². The van der Waals surface area contributed by atoms with Crippen molar-refractivity contribution in [1.29, 1.82) is 0 Å². The van der Waals surface area contributed by atoms with Gasteiger partial charge in [-0.15, -0.1) is 0 Å². The molecule has 1 heterocycles. The molecule has 0 aliphatic carbocycles. The Morgan fingerprint density at radius 3 is 2.56 bits per heavy atom. The summed E-state index contributed by atoms with van der Waals surface area (Å²) in [6, 6.07) is 18.8. The van der Waals surface area contributed by atoms with E-state index in [9.17, 15) is 9.59 Å². The molecule has 0 amide bonds. The van der Waals surface area contributed by atoms with E-state index >= 15 is 0 Å². The number of aliphatic imine (C=N–C) groups is 1. The van der Waals surface area contributed by atoms with Crippen LogP contribution in [0.25, 0.3) is 16.8 Å². The average molecular weight is 429 g/mol. The summed E-state index contributed by atoms with van der Waals surface area (Å²) in [5, 5.41) is 2.13. The number of cyclic esters (lactones) is 1. The fourth-order valence-corrected chi connectivity index (χ4v) is 3.21. The normalized spacial score (nSPS) is 14.6. The summed E-state index contributed by atoms with van der Waals surface area (Å²) in [7, 11) is 0. The highest BCUT2D eigenvalue weighted by Gasteiger charge is 2.24. The first-order chi connectivity index (χ1) is 15.4. The summed E-state index contributed by atoms with van der Waals surface area (Å²) in [4.78, 5) is 28.8. The highest BCUT2D eigenvalue weighted by Crippen LogP contribution is 2.31. The number of benzene rings is 3. The van der Waals surface area contributed by atoms with Gasteiger partial charge in [-0.05, 0) is 53.6 Å². The number of nitrogens with zero attached hydrogens (tertiary/aromatic N) is 1. The Bertz CT molecular complexity index is 1260. The lowest BCUT2D eigenvalue weighted by Crippen LogP contribution is -2.15. The zero-order chi connectivity index (χ0) is 22.7. The number of rotatable bonds is 6. The third-order valence-electron chi connectivity index (χ3n) is 4.87. The van der Waals surface area contributed by atoms with E-state index in [0.717, 1.165) is 16.3 Å². The van der Waals surface area contributed by atoms with Gasteiger partial charge in [-0.1, -0.05) is 50.2 Å². The van der Waals surface area contributed by atoms with E-state index in [2.05, 4.69) is 4.99 Å². The molecule has 0 radical (unpaired) electrons. The van der Waals surface area contributed by atoms with E-state index in [1.807, 2.05) is 49.4 Å². The maximum atomic E-state index is 12.4. The largest absolute Gasteiger partial charge is 0.490 e. The average Bonchev–Trinajstić information content (AvgIpc) is 3.15. The first kappa shape index (κ1) is 21.3. The molecular formula is C26H23NO5. The molecule has 0 N–H and O–H groups in total. The predicted octanol–water partition coefficient (Wildman–Crippen LogP) is 5.14. The van der Waals surface area contributed by atoms with Gasteiger partial charge in [0.15, 0.2) is 17.2 Å². The van der Waals surface area contributed by atoms with Gasteiger partial charge in [-0.25, -0.2) is 9.79 Å². The van der Waals surface area contributed by atoms with Crippen LogP contribution in [-0.2, 0) is 14.3 Å². The molecular weight excluding hydrogens is 406 g/mol. The SMILES string of the molecule is CCOc1cc(/C=C2\N=C(c3ccc4ccccc4c3)OC2=O)ccc1OC(=O)C(C)C. The van der Waals surface area contributed by atoms with Crippen LogP contribution in [0.1, 0.15) is 31.9 Å². The lowest BCUT2D eigenvalue weighted by atomic mass is 10.1. The lowest BCUT2D eigenvalue weighted by Gasteiger charge is -2.12. The molecule has 0 unspecified atom stereocenters. The van der Waals surface area contributed by atoms with Crippen molar-refractivity contribution < 1.29 is 23.8 Å². The summed E-state index contributed by atoms with van der Waals surface area (Å²) >= 11 is 0. The number of hydrogen-bond donors (Lipinski definition) is 0. The van der Waals surface area contributed by atoms with E-state index in [4.69, 9.17) is 14.2 Å². The quantitative estimate of drug-likeness (QED) is 0.308. The Morgan fingerprint density at radius 1 is 1.03 bits per heavy atom. The minimum Gasteiger partial charge on any atom is -0.490 e. The molecule has 32 heavy (non-hydrogen) atoms. The van der Waals surface area contributed by atoms with Gasteiger partial charge in [-0.2, -0.15) is 0 Å². The predicted molar refractivity (Wildman–Crippen MR) is 123 cm³/mol. The molecule has 0 atom stereocenters. The molecule has 0 spiro atoms. The standard InChI is InChI=1S/C26H23NO5/c1-4-30-23-14-17(9-12-22(23)31-25(28)16(2)3)13-21-26(29)32-24(27-21)20-11-10-18-7-5-6-8-19(18)15-20/h5-16H,4H2,1-3H3/b21-13-. The second-order valence-electron chi connectivity index (χ2n) is 7.61. The zero-order valence-corrected chi connectivity index (χ0v) is 18.1. The van der Waals surface area contributed by atoms with Crippen molar-refractivity contribution in [2.24, 2.45) is 10.9 Å². The number of esters is 2. The molecule has 1 aliphatic rings. The monoisotopic (exact) mass is 429 g/mol. The smallest absolute Gasteiger partial charge is 0.363 e. The first-order valence-corrected chi connectivity index (χ1v) is 10.4. The summed E-state index contributed by atoms with van der Waals surface area (Å²) in [6.45, 7) is 5.77. The Hall–Kier alpha value is -3.93. The molecule has 0 bridgehead atoms. The van der Waals surface area contributed by atoms with Crippen LogP contribution in [0.3, 0.4) is 0 Å². The van der Waals surface area contributed by atoms with Gasteiger partial charge in [0.2, 0.25) is 5.90 Å². The third-order valence-corrected chi connectivity index (χ3v) is 4.87. The van der Waals surface area contributed by atoms with Gasteiger partial charge in [0.1, 0.15) is 0 Å². The van der Waals surface area contributed by atoms with E-state index in [1.165, 1.54) is 0 Å². The Balaban J connectivity index is 1.63. The van der Waals surface area contributed by atoms with Gasteiger partial charge in [-0.3, -0.25) is 4.79 Å². The number of carbonyl (C=O) groups is 2. The summed E-state index contributed by atoms with van der Waals surface area (Å²) in [5.41, 5.74) is 1.59. The zero-order valence-electron chi connectivity index (χ0n) is 18.1. The van der Waals surface area contributed by atoms with Gasteiger partial charge < -0.3 is 14.2 Å². The molecule has 6 nitrogen and oxygen atoms in total. The van der Waals surface area contributed by atoms with Crippen LogP contribution in [0.4, 0.5) is 0 Å². The molecule has 0 saturated carbocycles. The second-order valence-corrected chi connectivity index (χ2v) is 7.61. The van der Waals surface area contributed by atoms with Gasteiger partial charge >= 0.3 is 11.9 Å². The first-order valence-electron chi connectivity index (χ1n) is 10.4. The molecule has 0 aromatic heterocycles. The molecule has 0 fully saturated rings. The van der Waals surface area contributed by atoms with E-state index in [0.29, 0.717) is 23.7 Å². The van der Waals surface area contributed by atoms with E-state index < -0.39 is 5.97 Å². The van der Waals surface area contributed by atoms with Crippen molar-refractivity contribution in [3.05, 3.63) is 77.5 Å². The van der Waals surface area contributed by atoms with Crippen LogP contribution in [-0.4, -0.2) is 24.4 Å². The Morgan fingerprint density at radius 2 is 1.81 bits per heavy atom. The van der Waals surface area contributed by atoms with Crippen molar-refractivity contribution in [3.63, 3.8) is 0 Å². The minimum absolute atomic E-state index is 0.183.